The second-order valence-electron chi connectivity index (χ2n) is 4.19. The van der Waals surface area contributed by atoms with Gasteiger partial charge in [0.25, 0.3) is 0 Å². The fourth-order valence-electron chi connectivity index (χ4n) is 1.86. The lowest BCUT2D eigenvalue weighted by atomic mass is 10.1. The number of nitrogens with two attached hydrogens (primary N) is 1. The van der Waals surface area contributed by atoms with Crippen molar-refractivity contribution >= 4 is 33.6 Å². The van der Waals surface area contributed by atoms with Crippen LogP contribution in [0, 0.1) is 0 Å². The number of piperidine rings is 1. The van der Waals surface area contributed by atoms with Gasteiger partial charge < -0.3 is 10.2 Å². The molecule has 2 heterocycles. The van der Waals surface area contributed by atoms with Gasteiger partial charge in [0, 0.05) is 32.3 Å². The van der Waals surface area contributed by atoms with Crippen LogP contribution < -0.4 is 16.6 Å². The second kappa shape index (κ2) is 5.49. The number of halogens is 1. The monoisotopic (exact) mass is 314 g/mol. The third-order valence-electron chi connectivity index (χ3n) is 2.84. The summed E-state index contributed by atoms with van der Waals surface area (Å²) in [6, 6.07) is 0.185. The van der Waals surface area contributed by atoms with Crippen molar-refractivity contribution in [2.24, 2.45) is 5.84 Å². The molecule has 1 atom stereocenters. The summed E-state index contributed by atoms with van der Waals surface area (Å²) in [6.45, 7) is 0.667. The first kappa shape index (κ1) is 13.0. The van der Waals surface area contributed by atoms with Gasteiger partial charge in [-0.05, 0) is 22.4 Å². The standard InChI is InChI=1S/C10H15BrN6O/c1-17-5-6(2-3-8(17)18)14-9-7(11)4-13-10(15-9)16-12/h4,6H,2-3,5,12H2,1H3,(H2,13,14,15,16). The molecule has 1 aliphatic heterocycles. The number of hydrogen-bond donors (Lipinski definition) is 3. The fourth-order valence-corrected chi connectivity index (χ4v) is 2.17. The fraction of sp³-hybridized carbons (Fsp3) is 0.500. The van der Waals surface area contributed by atoms with E-state index in [1.807, 2.05) is 0 Å². The van der Waals surface area contributed by atoms with E-state index in [4.69, 9.17) is 5.84 Å². The predicted molar refractivity (Wildman–Crippen MR) is 71.8 cm³/mol. The molecule has 1 amide bonds. The number of amides is 1. The van der Waals surface area contributed by atoms with Crippen LogP contribution in [0.25, 0.3) is 0 Å². The molecule has 1 aromatic heterocycles. The van der Waals surface area contributed by atoms with Crippen molar-refractivity contribution in [1.82, 2.24) is 14.9 Å². The maximum Gasteiger partial charge on any atom is 0.239 e. The van der Waals surface area contributed by atoms with E-state index < -0.39 is 0 Å². The van der Waals surface area contributed by atoms with Crippen LogP contribution in [0.4, 0.5) is 11.8 Å². The minimum absolute atomic E-state index is 0.180. The van der Waals surface area contributed by atoms with Crippen molar-refractivity contribution in [3.63, 3.8) is 0 Å². The van der Waals surface area contributed by atoms with Crippen LogP contribution in [-0.4, -0.2) is 40.4 Å². The number of nitrogens with zero attached hydrogens (tertiary/aromatic N) is 3. The number of carbonyl (C=O) groups excluding carboxylic acids is 1. The Labute approximate surface area is 113 Å². The highest BCUT2D eigenvalue weighted by Gasteiger charge is 2.23. The van der Waals surface area contributed by atoms with Crippen LogP contribution in [0.2, 0.25) is 0 Å². The third-order valence-corrected chi connectivity index (χ3v) is 3.42. The first-order chi connectivity index (χ1) is 8.60. The molecule has 0 saturated carbocycles. The van der Waals surface area contributed by atoms with E-state index >= 15 is 0 Å². The zero-order valence-corrected chi connectivity index (χ0v) is 11.6. The van der Waals surface area contributed by atoms with Crippen LogP contribution in [0.1, 0.15) is 12.8 Å². The number of likely N-dealkylation sites (tertiary alicyclic amines) is 1. The molecular weight excluding hydrogens is 300 g/mol. The number of anilines is 2. The highest BCUT2D eigenvalue weighted by Crippen LogP contribution is 2.22. The molecule has 0 aromatic carbocycles. The van der Waals surface area contributed by atoms with Gasteiger partial charge in [-0.3, -0.25) is 10.2 Å². The molecule has 2 rings (SSSR count). The molecule has 18 heavy (non-hydrogen) atoms. The Morgan fingerprint density at radius 3 is 3.06 bits per heavy atom. The largest absolute Gasteiger partial charge is 0.364 e. The van der Waals surface area contributed by atoms with Crippen molar-refractivity contribution in [2.75, 3.05) is 24.3 Å². The first-order valence-electron chi connectivity index (χ1n) is 5.60. The summed E-state index contributed by atoms with van der Waals surface area (Å²) in [7, 11) is 1.80. The topological polar surface area (TPSA) is 96.2 Å². The molecule has 8 heteroatoms. The van der Waals surface area contributed by atoms with E-state index in [0.717, 1.165) is 10.9 Å². The number of nitrogen functional groups attached to an aromatic ring is 1. The number of nitrogens with one attached hydrogen (secondary N) is 2. The van der Waals surface area contributed by atoms with Gasteiger partial charge in [-0.2, -0.15) is 4.98 Å². The van der Waals surface area contributed by atoms with E-state index in [2.05, 4.69) is 36.6 Å². The van der Waals surface area contributed by atoms with Gasteiger partial charge in [-0.15, -0.1) is 0 Å². The van der Waals surface area contributed by atoms with Gasteiger partial charge in [0.05, 0.1) is 4.47 Å². The Balaban J connectivity index is 2.07. The Morgan fingerprint density at radius 2 is 2.39 bits per heavy atom. The van der Waals surface area contributed by atoms with E-state index in [9.17, 15) is 4.79 Å². The van der Waals surface area contributed by atoms with Crippen molar-refractivity contribution in [3.8, 4) is 0 Å². The number of carbonyl (C=O) groups is 1. The van der Waals surface area contributed by atoms with E-state index in [1.54, 1.807) is 18.1 Å². The van der Waals surface area contributed by atoms with Gasteiger partial charge in [-0.1, -0.05) is 0 Å². The highest BCUT2D eigenvalue weighted by atomic mass is 79.9. The zero-order valence-electron chi connectivity index (χ0n) is 9.98. The van der Waals surface area contributed by atoms with Crippen LogP contribution in [0.15, 0.2) is 10.7 Å². The summed E-state index contributed by atoms with van der Waals surface area (Å²) in [5.41, 5.74) is 2.40. The Bertz CT molecular complexity index is 454. The molecule has 1 unspecified atom stereocenters. The summed E-state index contributed by atoms with van der Waals surface area (Å²) in [5, 5.41) is 3.29. The molecule has 0 radical (unpaired) electrons. The normalized spacial score (nSPS) is 19.8. The molecule has 98 valence electrons. The van der Waals surface area contributed by atoms with E-state index in [-0.39, 0.29) is 11.9 Å². The molecule has 1 fully saturated rings. The van der Waals surface area contributed by atoms with Gasteiger partial charge in [-0.25, -0.2) is 10.8 Å². The number of hydrazine groups is 1. The van der Waals surface area contributed by atoms with Gasteiger partial charge in [0.1, 0.15) is 5.82 Å². The van der Waals surface area contributed by atoms with Crippen LogP contribution >= 0.6 is 15.9 Å². The molecule has 1 saturated heterocycles. The van der Waals surface area contributed by atoms with Gasteiger partial charge in [0.15, 0.2) is 0 Å². The smallest absolute Gasteiger partial charge is 0.239 e. The molecular formula is C10H15BrN6O. The number of hydrogen-bond acceptors (Lipinski definition) is 6. The molecule has 4 N–H and O–H groups in total. The Kier molecular flexibility index (Phi) is 3.97. The minimum atomic E-state index is 0.180. The minimum Gasteiger partial charge on any atom is -0.364 e. The van der Waals surface area contributed by atoms with E-state index in [1.165, 1.54) is 0 Å². The number of rotatable bonds is 3. The molecule has 0 spiro atoms. The third kappa shape index (κ3) is 2.88. The van der Waals surface area contributed by atoms with Crippen LogP contribution in [-0.2, 0) is 4.79 Å². The molecule has 1 aromatic rings. The number of likely N-dealkylation sites (N-methyl/N-ethyl adjacent to an activating group) is 1. The SMILES string of the molecule is CN1CC(Nc2nc(NN)ncc2Br)CCC1=O. The highest BCUT2D eigenvalue weighted by molar-refractivity contribution is 9.10. The lowest BCUT2D eigenvalue weighted by Crippen LogP contribution is -2.43. The molecule has 7 nitrogen and oxygen atoms in total. The van der Waals surface area contributed by atoms with Gasteiger partial charge >= 0.3 is 0 Å². The predicted octanol–water partition coefficient (Wildman–Crippen LogP) is 0.557. The molecule has 0 aliphatic carbocycles. The Morgan fingerprint density at radius 1 is 1.61 bits per heavy atom. The van der Waals surface area contributed by atoms with E-state index in [0.29, 0.717) is 24.7 Å². The summed E-state index contributed by atoms with van der Waals surface area (Å²) < 4.78 is 0.765. The summed E-state index contributed by atoms with van der Waals surface area (Å²) >= 11 is 3.38. The van der Waals surface area contributed by atoms with Crippen molar-refractivity contribution in [1.29, 1.82) is 0 Å². The Hall–Kier alpha value is -1.41. The number of aromatic nitrogens is 2. The second-order valence-corrected chi connectivity index (χ2v) is 5.04. The first-order valence-corrected chi connectivity index (χ1v) is 6.39. The summed E-state index contributed by atoms with van der Waals surface area (Å²) in [6.07, 6.45) is 2.98. The summed E-state index contributed by atoms with van der Waals surface area (Å²) in [4.78, 5) is 21.3. The zero-order chi connectivity index (χ0) is 13.1. The summed E-state index contributed by atoms with van der Waals surface area (Å²) in [5.74, 6) is 6.47. The van der Waals surface area contributed by atoms with Crippen LogP contribution in [0.5, 0.6) is 0 Å². The van der Waals surface area contributed by atoms with Crippen LogP contribution in [0.3, 0.4) is 0 Å². The maximum atomic E-state index is 11.4. The lowest BCUT2D eigenvalue weighted by Gasteiger charge is -2.30. The average molecular weight is 315 g/mol. The quantitative estimate of drug-likeness (QED) is 0.557. The van der Waals surface area contributed by atoms with Crippen molar-refractivity contribution in [2.45, 2.75) is 18.9 Å². The maximum absolute atomic E-state index is 11.4. The average Bonchev–Trinajstić information content (AvgIpc) is 2.36. The van der Waals surface area contributed by atoms with Gasteiger partial charge in [0.2, 0.25) is 11.9 Å². The van der Waals surface area contributed by atoms with Crippen molar-refractivity contribution < 1.29 is 4.79 Å². The lowest BCUT2D eigenvalue weighted by molar-refractivity contribution is -0.132. The molecule has 0 bridgehead atoms. The molecule has 1 aliphatic rings. The van der Waals surface area contributed by atoms with Crippen molar-refractivity contribution in [3.05, 3.63) is 10.7 Å².